The first-order valence-electron chi connectivity index (χ1n) is 13.1. The number of hydrogen-bond donors (Lipinski definition) is 1. The second kappa shape index (κ2) is 10.7. The number of aromatic nitrogens is 3. The Labute approximate surface area is 250 Å². The molecule has 218 valence electrons. The predicted molar refractivity (Wildman–Crippen MR) is 155 cm³/mol. The van der Waals surface area contributed by atoms with Crippen molar-refractivity contribution in [1.82, 2.24) is 14.5 Å². The molecule has 6 rings (SSSR count). The third-order valence-electron chi connectivity index (χ3n) is 7.27. The maximum atomic E-state index is 13.3. The SMILES string of the molecule is Cc1nc2cc(C(F)(F)F)cc(C#N)c2c(=O)n1CCOc1ccc(Cl)cc1-c1cc(C2CC2)nc2c(C(=O)O)csc12. The molecule has 0 aliphatic heterocycles. The van der Waals surface area contributed by atoms with E-state index in [1.165, 1.54) is 22.8 Å². The fraction of sp³-hybridized carbons (Fsp3) is 0.233. The number of thiophene rings is 1. The van der Waals surface area contributed by atoms with Gasteiger partial charge in [0.1, 0.15) is 24.3 Å². The number of halogens is 4. The summed E-state index contributed by atoms with van der Waals surface area (Å²) in [6, 6.07) is 10.1. The maximum Gasteiger partial charge on any atom is 0.416 e. The van der Waals surface area contributed by atoms with Crippen molar-refractivity contribution in [3.05, 3.63) is 85.4 Å². The Morgan fingerprint density at radius 1 is 1.21 bits per heavy atom. The molecule has 1 fully saturated rings. The highest BCUT2D eigenvalue weighted by Crippen LogP contribution is 2.45. The number of benzene rings is 2. The molecule has 5 aromatic rings. The Hall–Kier alpha value is -4.47. The van der Waals surface area contributed by atoms with Crippen LogP contribution in [0.2, 0.25) is 5.02 Å². The lowest BCUT2D eigenvalue weighted by Gasteiger charge is -2.16. The molecule has 0 radical (unpaired) electrons. The fourth-order valence-corrected chi connectivity index (χ4v) is 6.21. The molecule has 0 spiro atoms. The number of nitrogens with zero attached hydrogens (tertiary/aromatic N) is 4. The summed E-state index contributed by atoms with van der Waals surface area (Å²) in [6.07, 6.45) is -2.78. The van der Waals surface area contributed by atoms with Crippen LogP contribution in [-0.2, 0) is 12.7 Å². The van der Waals surface area contributed by atoms with E-state index < -0.39 is 28.8 Å². The third kappa shape index (κ3) is 5.30. The zero-order valence-electron chi connectivity index (χ0n) is 22.3. The molecule has 1 N–H and O–H groups in total. The van der Waals surface area contributed by atoms with E-state index in [0.29, 0.717) is 32.6 Å². The van der Waals surface area contributed by atoms with E-state index in [0.717, 1.165) is 30.2 Å². The van der Waals surface area contributed by atoms with Crippen molar-refractivity contribution in [3.8, 4) is 22.9 Å². The fourth-order valence-electron chi connectivity index (χ4n) is 5.03. The molecule has 8 nitrogen and oxygen atoms in total. The number of fused-ring (bicyclic) bond motifs is 2. The molecule has 1 aliphatic carbocycles. The van der Waals surface area contributed by atoms with Crippen molar-refractivity contribution in [1.29, 1.82) is 5.26 Å². The average Bonchev–Trinajstić information content (AvgIpc) is 3.72. The molecule has 0 saturated heterocycles. The maximum absolute atomic E-state index is 13.3. The summed E-state index contributed by atoms with van der Waals surface area (Å²) in [5, 5.41) is 21.0. The standard InChI is InChI=1S/C30H20ClF3N4O4S/c1-14-36-23-9-17(30(32,33)34)8-16(12-35)25(23)28(39)38(14)6-7-42-24-5-4-18(31)10-19(24)20-11-22(15-2-3-15)37-26-21(29(40)41)13-43-27(20)26/h4-5,8-11,13,15H,2-3,6-7H2,1H3,(H,40,41). The van der Waals surface area contributed by atoms with Crippen molar-refractivity contribution in [2.45, 2.75) is 38.4 Å². The zero-order valence-corrected chi connectivity index (χ0v) is 23.9. The predicted octanol–water partition coefficient (Wildman–Crippen LogP) is 7.18. The summed E-state index contributed by atoms with van der Waals surface area (Å²) in [5.74, 6) is -0.241. The van der Waals surface area contributed by atoms with E-state index in [9.17, 15) is 33.1 Å². The van der Waals surface area contributed by atoms with Gasteiger partial charge in [-0.2, -0.15) is 18.4 Å². The van der Waals surface area contributed by atoms with E-state index in [1.54, 1.807) is 29.6 Å². The number of nitriles is 1. The Balaban J connectivity index is 1.36. The van der Waals surface area contributed by atoms with Crippen LogP contribution >= 0.6 is 22.9 Å². The van der Waals surface area contributed by atoms with Crippen molar-refractivity contribution in [2.75, 3.05) is 6.61 Å². The van der Waals surface area contributed by atoms with Crippen molar-refractivity contribution in [2.24, 2.45) is 0 Å². The highest BCUT2D eigenvalue weighted by atomic mass is 35.5. The summed E-state index contributed by atoms with van der Waals surface area (Å²) in [5.41, 5.74) is 0.306. The van der Waals surface area contributed by atoms with Gasteiger partial charge in [-0.1, -0.05) is 11.6 Å². The quantitative estimate of drug-likeness (QED) is 0.204. The molecule has 1 saturated carbocycles. The van der Waals surface area contributed by atoms with Crippen LogP contribution in [0.5, 0.6) is 5.75 Å². The molecule has 0 amide bonds. The number of ether oxygens (including phenoxy) is 1. The number of carboxylic acids is 1. The van der Waals surface area contributed by atoms with Crippen LogP contribution in [0.15, 0.2) is 46.6 Å². The Bertz CT molecular complexity index is 2060. The van der Waals surface area contributed by atoms with Crippen LogP contribution in [0.1, 0.15) is 51.8 Å². The molecule has 0 bridgehead atoms. The third-order valence-corrected chi connectivity index (χ3v) is 8.51. The van der Waals surface area contributed by atoms with Gasteiger partial charge in [-0.05, 0) is 56.2 Å². The van der Waals surface area contributed by atoms with Crippen LogP contribution in [0, 0.1) is 18.3 Å². The van der Waals surface area contributed by atoms with Crippen LogP contribution in [-0.4, -0.2) is 32.2 Å². The minimum absolute atomic E-state index is 0.0111. The molecule has 0 atom stereocenters. The van der Waals surface area contributed by atoms with E-state index in [1.807, 2.05) is 6.07 Å². The lowest BCUT2D eigenvalue weighted by atomic mass is 10.0. The summed E-state index contributed by atoms with van der Waals surface area (Å²) < 4.78 is 48.0. The second-order valence-electron chi connectivity index (χ2n) is 10.1. The van der Waals surface area contributed by atoms with Gasteiger partial charge >= 0.3 is 12.1 Å². The van der Waals surface area contributed by atoms with Gasteiger partial charge in [0.2, 0.25) is 0 Å². The topological polar surface area (TPSA) is 118 Å². The van der Waals surface area contributed by atoms with Crippen molar-refractivity contribution >= 4 is 50.0 Å². The molecule has 3 aromatic heterocycles. The average molecular weight is 625 g/mol. The van der Waals surface area contributed by atoms with E-state index in [2.05, 4.69) is 9.97 Å². The van der Waals surface area contributed by atoms with Crippen molar-refractivity contribution < 1.29 is 27.8 Å². The normalized spacial score (nSPS) is 13.4. The molecule has 2 aromatic carbocycles. The highest BCUT2D eigenvalue weighted by molar-refractivity contribution is 7.18. The number of rotatable bonds is 7. The Morgan fingerprint density at radius 2 is 1.98 bits per heavy atom. The minimum atomic E-state index is -4.70. The summed E-state index contributed by atoms with van der Waals surface area (Å²) >= 11 is 7.63. The summed E-state index contributed by atoms with van der Waals surface area (Å²) in [4.78, 5) is 34.1. The summed E-state index contributed by atoms with van der Waals surface area (Å²) in [7, 11) is 0. The van der Waals surface area contributed by atoms with Gasteiger partial charge < -0.3 is 9.84 Å². The lowest BCUT2D eigenvalue weighted by Crippen LogP contribution is -2.27. The molecular formula is C30H20ClF3N4O4S. The Kier molecular flexibility index (Phi) is 7.10. The van der Waals surface area contributed by atoms with Crippen LogP contribution < -0.4 is 10.3 Å². The zero-order chi connectivity index (χ0) is 30.6. The molecule has 3 heterocycles. The van der Waals surface area contributed by atoms with Gasteiger partial charge in [-0.25, -0.2) is 9.78 Å². The first kappa shape index (κ1) is 28.6. The largest absolute Gasteiger partial charge is 0.491 e. The first-order valence-corrected chi connectivity index (χ1v) is 14.3. The number of aromatic carboxylic acids is 1. The molecule has 1 aliphatic rings. The number of alkyl halides is 3. The highest BCUT2D eigenvalue weighted by Gasteiger charge is 2.32. The van der Waals surface area contributed by atoms with Crippen molar-refractivity contribution in [3.63, 3.8) is 0 Å². The first-order chi connectivity index (χ1) is 20.5. The molecule has 43 heavy (non-hydrogen) atoms. The second-order valence-corrected chi connectivity index (χ2v) is 11.4. The molecular weight excluding hydrogens is 605 g/mol. The molecule has 13 heteroatoms. The number of pyridine rings is 1. The van der Waals surface area contributed by atoms with Gasteiger partial charge in [0.05, 0.1) is 44.4 Å². The number of aryl methyl sites for hydroxylation is 1. The Morgan fingerprint density at radius 3 is 2.65 bits per heavy atom. The van der Waals surface area contributed by atoms with Gasteiger partial charge in [-0.3, -0.25) is 14.3 Å². The summed E-state index contributed by atoms with van der Waals surface area (Å²) in [6.45, 7) is 1.45. The van der Waals surface area contributed by atoms with Crippen LogP contribution in [0.25, 0.3) is 32.2 Å². The minimum Gasteiger partial charge on any atom is -0.491 e. The van der Waals surface area contributed by atoms with Gasteiger partial charge in [0.15, 0.2) is 0 Å². The van der Waals surface area contributed by atoms with Gasteiger partial charge in [0.25, 0.3) is 5.56 Å². The van der Waals surface area contributed by atoms with E-state index >= 15 is 0 Å². The number of carbonyl (C=O) groups is 1. The number of carboxylic acid groups (broad SMARTS) is 1. The van der Waals surface area contributed by atoms with Crippen LogP contribution in [0.4, 0.5) is 13.2 Å². The smallest absolute Gasteiger partial charge is 0.416 e. The monoisotopic (exact) mass is 624 g/mol. The lowest BCUT2D eigenvalue weighted by molar-refractivity contribution is -0.137. The number of hydrogen-bond acceptors (Lipinski definition) is 7. The van der Waals surface area contributed by atoms with Gasteiger partial charge in [0, 0.05) is 33.1 Å². The van der Waals surface area contributed by atoms with E-state index in [-0.39, 0.29) is 41.4 Å². The van der Waals surface area contributed by atoms with E-state index in [4.69, 9.17) is 16.3 Å². The molecule has 0 unspecified atom stereocenters. The van der Waals surface area contributed by atoms with Gasteiger partial charge in [-0.15, -0.1) is 11.3 Å². The van der Waals surface area contributed by atoms with Crippen LogP contribution in [0.3, 0.4) is 0 Å².